The molecular weight excluding hydrogens is 352 g/mol. The van der Waals surface area contributed by atoms with E-state index in [-0.39, 0.29) is 24.8 Å². The highest BCUT2D eigenvalue weighted by Gasteiger charge is 2.40. The topological polar surface area (TPSA) is 58.6 Å². The molecule has 2 aromatic rings. The molecule has 1 N–H and O–H groups in total. The number of ether oxygens (including phenoxy) is 1. The third-order valence-corrected chi connectivity index (χ3v) is 4.65. The maximum absolute atomic E-state index is 12.7. The van der Waals surface area contributed by atoms with E-state index in [0.29, 0.717) is 23.0 Å². The zero-order valence-electron chi connectivity index (χ0n) is 14.8. The number of rotatable bonds is 5. The Labute approximate surface area is 157 Å². The molecule has 0 unspecified atom stereocenters. The van der Waals surface area contributed by atoms with Crippen LogP contribution in [0.1, 0.15) is 25.8 Å². The first-order valence-corrected chi connectivity index (χ1v) is 8.86. The highest BCUT2D eigenvalue weighted by Crippen LogP contribution is 2.37. The molecule has 0 saturated heterocycles. The molecule has 2 aromatic carbocycles. The number of para-hydroxylation sites is 2. The second kappa shape index (κ2) is 7.38. The zero-order chi connectivity index (χ0) is 18.7. The zero-order valence-corrected chi connectivity index (χ0v) is 15.5. The van der Waals surface area contributed by atoms with Gasteiger partial charge in [0.1, 0.15) is 5.75 Å². The molecule has 0 aromatic heterocycles. The van der Waals surface area contributed by atoms with Crippen LogP contribution in [-0.4, -0.2) is 24.0 Å². The first-order valence-electron chi connectivity index (χ1n) is 8.48. The molecule has 0 fully saturated rings. The van der Waals surface area contributed by atoms with Gasteiger partial charge in [0.15, 0.2) is 5.60 Å². The molecule has 3 rings (SSSR count). The lowest BCUT2D eigenvalue weighted by Gasteiger charge is -2.38. The van der Waals surface area contributed by atoms with E-state index in [9.17, 15) is 9.59 Å². The van der Waals surface area contributed by atoms with Gasteiger partial charge >= 0.3 is 0 Å². The molecule has 136 valence electrons. The number of hydrogen-bond acceptors (Lipinski definition) is 3. The van der Waals surface area contributed by atoms with Gasteiger partial charge in [-0.3, -0.25) is 9.59 Å². The van der Waals surface area contributed by atoms with Crippen LogP contribution >= 0.6 is 11.6 Å². The number of nitrogens with one attached hydrogen (secondary N) is 1. The quantitative estimate of drug-likeness (QED) is 0.873. The third kappa shape index (κ3) is 3.83. The summed E-state index contributed by atoms with van der Waals surface area (Å²) in [5.74, 6) is 0.350. The van der Waals surface area contributed by atoms with Gasteiger partial charge in [0.25, 0.3) is 5.91 Å². The number of anilines is 1. The van der Waals surface area contributed by atoms with E-state index in [0.717, 1.165) is 5.56 Å². The van der Waals surface area contributed by atoms with E-state index >= 15 is 0 Å². The van der Waals surface area contributed by atoms with Crippen LogP contribution in [0.3, 0.4) is 0 Å². The normalized spacial score (nSPS) is 15.2. The Balaban J connectivity index is 1.64. The van der Waals surface area contributed by atoms with E-state index in [1.54, 1.807) is 24.8 Å². The summed E-state index contributed by atoms with van der Waals surface area (Å²) in [6.45, 7) is 4.11. The molecule has 6 heteroatoms. The Morgan fingerprint density at radius 1 is 1.15 bits per heavy atom. The molecule has 0 atom stereocenters. The van der Waals surface area contributed by atoms with Gasteiger partial charge in [0.05, 0.1) is 5.69 Å². The van der Waals surface area contributed by atoms with Gasteiger partial charge in [-0.15, -0.1) is 0 Å². The Morgan fingerprint density at radius 3 is 2.62 bits per heavy atom. The van der Waals surface area contributed by atoms with E-state index in [4.69, 9.17) is 16.3 Å². The van der Waals surface area contributed by atoms with Gasteiger partial charge in [-0.25, -0.2) is 0 Å². The van der Waals surface area contributed by atoms with Crippen molar-refractivity contribution in [3.8, 4) is 5.75 Å². The standard InChI is InChI=1S/C20H21ClN2O3/c1-20(2)19(25)23(16-9-5-6-10-17(16)26-20)12-11-18(24)22-13-14-7-3-4-8-15(14)21/h3-10H,11-13H2,1-2H3,(H,22,24). The predicted octanol–water partition coefficient (Wildman–Crippen LogP) is 3.55. The van der Waals surface area contributed by atoms with Crippen LogP contribution < -0.4 is 15.0 Å². The monoisotopic (exact) mass is 372 g/mol. The fraction of sp³-hybridized carbons (Fsp3) is 0.300. The van der Waals surface area contributed by atoms with Crippen LogP contribution in [0.15, 0.2) is 48.5 Å². The van der Waals surface area contributed by atoms with Crippen LogP contribution in [-0.2, 0) is 16.1 Å². The minimum Gasteiger partial charge on any atom is -0.476 e. The van der Waals surface area contributed by atoms with Gasteiger partial charge < -0.3 is 15.0 Å². The van der Waals surface area contributed by atoms with Gasteiger partial charge in [-0.2, -0.15) is 0 Å². The minimum absolute atomic E-state index is 0.139. The largest absolute Gasteiger partial charge is 0.476 e. The number of hydrogen-bond donors (Lipinski definition) is 1. The lowest BCUT2D eigenvalue weighted by atomic mass is 10.0. The van der Waals surface area contributed by atoms with Crippen molar-refractivity contribution in [1.29, 1.82) is 0 Å². The number of halogens is 1. The summed E-state index contributed by atoms with van der Waals surface area (Å²) in [6.07, 6.45) is 0.195. The van der Waals surface area contributed by atoms with Crippen LogP contribution in [0.25, 0.3) is 0 Å². The number of carbonyl (C=O) groups is 2. The maximum atomic E-state index is 12.7. The molecule has 1 aliphatic rings. The molecule has 26 heavy (non-hydrogen) atoms. The Bertz CT molecular complexity index is 835. The molecule has 0 bridgehead atoms. The molecule has 0 aliphatic carbocycles. The van der Waals surface area contributed by atoms with Crippen molar-refractivity contribution < 1.29 is 14.3 Å². The number of amides is 2. The van der Waals surface area contributed by atoms with Crippen LogP contribution in [0.4, 0.5) is 5.69 Å². The smallest absolute Gasteiger partial charge is 0.270 e. The molecule has 0 radical (unpaired) electrons. The van der Waals surface area contributed by atoms with Crippen molar-refractivity contribution in [1.82, 2.24) is 5.32 Å². The molecule has 1 aliphatic heterocycles. The van der Waals surface area contributed by atoms with Gasteiger partial charge in [-0.05, 0) is 37.6 Å². The van der Waals surface area contributed by atoms with Gasteiger partial charge in [0.2, 0.25) is 5.91 Å². The first kappa shape index (κ1) is 18.3. The predicted molar refractivity (Wildman–Crippen MR) is 101 cm³/mol. The number of fused-ring (bicyclic) bond motifs is 1. The fourth-order valence-corrected chi connectivity index (χ4v) is 3.08. The van der Waals surface area contributed by atoms with Crippen molar-refractivity contribution in [3.05, 3.63) is 59.1 Å². The SMILES string of the molecule is CC1(C)Oc2ccccc2N(CCC(=O)NCc2ccccc2Cl)C1=O. The third-order valence-electron chi connectivity index (χ3n) is 4.28. The first-order chi connectivity index (χ1) is 12.4. The van der Waals surface area contributed by atoms with Gasteiger partial charge in [0, 0.05) is 24.5 Å². The molecule has 2 amide bonds. The average Bonchev–Trinajstić information content (AvgIpc) is 2.61. The molecule has 5 nitrogen and oxygen atoms in total. The highest BCUT2D eigenvalue weighted by molar-refractivity contribution is 6.31. The van der Waals surface area contributed by atoms with E-state index in [1.165, 1.54) is 0 Å². The minimum atomic E-state index is -0.956. The fourth-order valence-electron chi connectivity index (χ4n) is 2.88. The Kier molecular flexibility index (Phi) is 5.18. The lowest BCUT2D eigenvalue weighted by molar-refractivity contribution is -0.132. The average molecular weight is 373 g/mol. The Morgan fingerprint density at radius 2 is 1.85 bits per heavy atom. The second-order valence-corrected chi connectivity index (χ2v) is 7.06. The maximum Gasteiger partial charge on any atom is 0.270 e. The summed E-state index contributed by atoms with van der Waals surface area (Å²) in [5, 5.41) is 3.46. The summed E-state index contributed by atoms with van der Waals surface area (Å²) >= 11 is 6.10. The van der Waals surface area contributed by atoms with Crippen molar-refractivity contribution >= 4 is 29.1 Å². The number of carbonyl (C=O) groups excluding carboxylic acids is 2. The summed E-state index contributed by atoms with van der Waals surface area (Å²) in [4.78, 5) is 26.5. The molecule has 1 heterocycles. The van der Waals surface area contributed by atoms with E-state index in [2.05, 4.69) is 5.32 Å². The highest BCUT2D eigenvalue weighted by atomic mass is 35.5. The van der Waals surface area contributed by atoms with Crippen LogP contribution in [0.2, 0.25) is 5.02 Å². The van der Waals surface area contributed by atoms with Crippen LogP contribution in [0.5, 0.6) is 5.75 Å². The summed E-state index contributed by atoms with van der Waals surface area (Å²) in [5.41, 5.74) is 0.592. The molecular formula is C20H21ClN2O3. The molecule has 0 saturated carbocycles. The Hall–Kier alpha value is -2.53. The summed E-state index contributed by atoms with van der Waals surface area (Å²) in [7, 11) is 0. The van der Waals surface area contributed by atoms with E-state index in [1.807, 2.05) is 42.5 Å². The second-order valence-electron chi connectivity index (χ2n) is 6.66. The lowest BCUT2D eigenvalue weighted by Crippen LogP contribution is -2.53. The molecule has 0 spiro atoms. The van der Waals surface area contributed by atoms with Crippen molar-refractivity contribution in [3.63, 3.8) is 0 Å². The number of nitrogens with zero attached hydrogens (tertiary/aromatic N) is 1. The van der Waals surface area contributed by atoms with Crippen LogP contribution in [0, 0.1) is 0 Å². The summed E-state index contributed by atoms with van der Waals surface area (Å²) in [6, 6.07) is 14.7. The van der Waals surface area contributed by atoms with Crippen molar-refractivity contribution in [2.75, 3.05) is 11.4 Å². The van der Waals surface area contributed by atoms with Gasteiger partial charge in [-0.1, -0.05) is 41.9 Å². The van der Waals surface area contributed by atoms with Crippen molar-refractivity contribution in [2.24, 2.45) is 0 Å². The summed E-state index contributed by atoms with van der Waals surface area (Å²) < 4.78 is 5.78. The van der Waals surface area contributed by atoms with E-state index < -0.39 is 5.60 Å². The number of benzene rings is 2. The van der Waals surface area contributed by atoms with Crippen molar-refractivity contribution in [2.45, 2.75) is 32.4 Å².